The number of hydrogen-bond acceptors (Lipinski definition) is 4. The summed E-state index contributed by atoms with van der Waals surface area (Å²) in [4.78, 5) is 9.18. The zero-order chi connectivity index (χ0) is 30.5. The van der Waals surface area contributed by atoms with Crippen molar-refractivity contribution in [3.63, 3.8) is 0 Å². The van der Waals surface area contributed by atoms with E-state index in [1.165, 1.54) is 0 Å². The normalized spacial score (nSPS) is 10.3. The maximum absolute atomic E-state index is 4.60. The molecule has 2 aromatic heterocycles. The van der Waals surface area contributed by atoms with E-state index in [2.05, 4.69) is 86.9 Å². The Bertz CT molecular complexity index is 1870. The van der Waals surface area contributed by atoms with E-state index in [1.807, 2.05) is 104 Å². The molecule has 6 heteroatoms. The average molecular weight is 576 g/mol. The van der Waals surface area contributed by atoms with E-state index in [-0.39, 0.29) is 0 Å². The summed E-state index contributed by atoms with van der Waals surface area (Å²) in [6.45, 7) is 12.4. The van der Waals surface area contributed by atoms with Gasteiger partial charge in [-0.1, -0.05) is 72.8 Å². The van der Waals surface area contributed by atoms with Gasteiger partial charge in [0.1, 0.15) is 30.8 Å². The Balaban J connectivity index is 1.46. The first-order valence-corrected chi connectivity index (χ1v) is 17.7. The summed E-state index contributed by atoms with van der Waals surface area (Å²) in [5.41, 5.74) is 9.39. The van der Waals surface area contributed by atoms with Gasteiger partial charge in [-0.25, -0.2) is 9.97 Å². The Morgan fingerprint density at radius 1 is 0.581 bits per heavy atom. The fourth-order valence-corrected chi connectivity index (χ4v) is 4.10. The lowest BCUT2D eigenvalue weighted by atomic mass is 10.1. The van der Waals surface area contributed by atoms with Crippen molar-refractivity contribution in [3.8, 4) is 47.0 Å². The zero-order valence-electron chi connectivity index (χ0n) is 25.2. The van der Waals surface area contributed by atoms with Crippen LogP contribution in [0.5, 0.6) is 0 Å². The van der Waals surface area contributed by atoms with Crippen molar-refractivity contribution in [1.29, 1.82) is 0 Å². The van der Waals surface area contributed by atoms with Gasteiger partial charge in [-0.15, -0.1) is 10.7 Å². The van der Waals surface area contributed by atoms with Crippen molar-refractivity contribution in [2.45, 2.75) is 33.5 Å². The Morgan fingerprint density at radius 2 is 1.02 bits per heavy atom. The van der Waals surface area contributed by atoms with Crippen LogP contribution in [0.1, 0.15) is 53.3 Å². The monoisotopic (exact) mass is 575 g/mol. The van der Waals surface area contributed by atoms with Gasteiger partial charge in [0.2, 0.25) is 0 Å². The van der Waals surface area contributed by atoms with E-state index >= 15 is 0 Å². The maximum Gasteiger partial charge on any atom is 0.129 e. The second-order valence-corrected chi connectivity index (χ2v) is 15.3. The van der Waals surface area contributed by atoms with Gasteiger partial charge in [0.25, 0.3) is 0 Å². The van der Waals surface area contributed by atoms with Crippen LogP contribution in [0.15, 0.2) is 95.3 Å². The molecule has 0 radical (unpaired) electrons. The fraction of sp³-hybridized carbons (Fsp3) is 0.189. The van der Waals surface area contributed by atoms with Crippen molar-refractivity contribution < 1.29 is 0 Å². The van der Waals surface area contributed by atoms with E-state index < -0.39 is 8.07 Å². The highest BCUT2D eigenvalue weighted by Crippen LogP contribution is 2.15. The van der Waals surface area contributed by atoms with E-state index in [4.69, 9.17) is 0 Å². The Labute approximate surface area is 256 Å². The summed E-state index contributed by atoms with van der Waals surface area (Å²) in [5.74, 6) is 22.2. The van der Waals surface area contributed by atoms with Gasteiger partial charge in [0, 0.05) is 29.8 Å². The molecule has 0 aliphatic heterocycles. The van der Waals surface area contributed by atoms with E-state index in [0.717, 1.165) is 41.2 Å². The second-order valence-electron chi connectivity index (χ2n) is 10.5. The maximum atomic E-state index is 4.60. The molecule has 4 aromatic rings. The smallest absolute Gasteiger partial charge is 0.129 e. The molecule has 0 aliphatic rings. The fourth-order valence-electron chi connectivity index (χ4n) is 3.59. The molecule has 0 spiro atoms. The SMILES string of the molecule is CCN(CC)N=Nc1cccc(C#Cc2cccc(C#Cc3cccc(C#Cc4cccc(C#C[Si](C)(C)C)n4)c3)n2)c1. The molecule has 5 nitrogen and oxygen atoms in total. The molecule has 210 valence electrons. The van der Waals surface area contributed by atoms with Crippen molar-refractivity contribution in [1.82, 2.24) is 15.0 Å². The van der Waals surface area contributed by atoms with Gasteiger partial charge in [-0.05, 0) is 92.3 Å². The lowest BCUT2D eigenvalue weighted by molar-refractivity contribution is 0.301. The van der Waals surface area contributed by atoms with Crippen LogP contribution in [-0.2, 0) is 0 Å². The molecule has 43 heavy (non-hydrogen) atoms. The molecule has 0 fully saturated rings. The summed E-state index contributed by atoms with van der Waals surface area (Å²) in [6, 6.07) is 26.9. The van der Waals surface area contributed by atoms with Crippen LogP contribution in [-0.4, -0.2) is 36.1 Å². The first kappa shape index (κ1) is 30.6. The Kier molecular flexibility index (Phi) is 10.7. The van der Waals surface area contributed by atoms with Gasteiger partial charge < -0.3 is 0 Å². The molecule has 0 atom stereocenters. The lowest BCUT2D eigenvalue weighted by Gasteiger charge is -2.10. The van der Waals surface area contributed by atoms with Gasteiger partial charge in [-0.3, -0.25) is 5.01 Å². The quantitative estimate of drug-likeness (QED) is 0.112. The van der Waals surface area contributed by atoms with E-state index in [9.17, 15) is 0 Å². The topological polar surface area (TPSA) is 53.7 Å². The minimum absolute atomic E-state index is 0.644. The lowest BCUT2D eigenvalue weighted by Crippen LogP contribution is -2.16. The molecular formula is C37H33N5Si. The standard InChI is InChI=1S/C37H33N5Si/c1-6-42(7-2)41-40-37-19-9-14-32(29-37)22-25-34-16-10-15-33(38-34)23-20-30-12-8-13-31(28-30)21-24-35-17-11-18-36(39-35)26-27-43(3,4)5/h8-19,28-29H,6-7H2,1-5H3. The number of aromatic nitrogens is 2. The molecule has 0 aliphatic carbocycles. The number of pyridine rings is 2. The molecule has 0 unspecified atom stereocenters. The Morgan fingerprint density at radius 3 is 1.51 bits per heavy atom. The molecule has 0 saturated heterocycles. The number of nitrogens with zero attached hydrogens (tertiary/aromatic N) is 5. The largest absolute Gasteiger partial charge is 0.279 e. The highest BCUT2D eigenvalue weighted by molar-refractivity contribution is 6.83. The summed E-state index contributed by atoms with van der Waals surface area (Å²) in [7, 11) is -1.47. The summed E-state index contributed by atoms with van der Waals surface area (Å²) >= 11 is 0. The first-order chi connectivity index (χ1) is 20.8. The molecule has 0 N–H and O–H groups in total. The minimum Gasteiger partial charge on any atom is -0.279 e. The Hall–Kier alpha value is -5.40. The first-order valence-electron chi connectivity index (χ1n) is 14.2. The van der Waals surface area contributed by atoms with Gasteiger partial charge in [0.15, 0.2) is 0 Å². The summed E-state index contributed by atoms with van der Waals surface area (Å²) in [6.07, 6.45) is 0. The van der Waals surface area contributed by atoms with Crippen LogP contribution in [0.3, 0.4) is 0 Å². The van der Waals surface area contributed by atoms with Gasteiger partial charge in [-0.2, -0.15) is 0 Å². The highest BCUT2D eigenvalue weighted by Gasteiger charge is 2.07. The molecule has 4 rings (SSSR count). The van der Waals surface area contributed by atoms with Crippen LogP contribution in [0, 0.1) is 47.0 Å². The van der Waals surface area contributed by atoms with Crippen molar-refractivity contribution in [3.05, 3.63) is 124 Å². The molecule has 2 aromatic carbocycles. The molecular weight excluding hydrogens is 543 g/mol. The third kappa shape index (κ3) is 10.5. The molecule has 0 saturated carbocycles. The third-order valence-corrected chi connectivity index (χ3v) is 6.67. The van der Waals surface area contributed by atoms with Crippen LogP contribution in [0.2, 0.25) is 19.6 Å². The van der Waals surface area contributed by atoms with Crippen molar-refractivity contribution in [2.24, 2.45) is 10.3 Å². The second kappa shape index (κ2) is 15.0. The van der Waals surface area contributed by atoms with Crippen LogP contribution < -0.4 is 0 Å². The number of hydrogen-bond donors (Lipinski definition) is 0. The van der Waals surface area contributed by atoms with Gasteiger partial charge >= 0.3 is 0 Å². The zero-order valence-corrected chi connectivity index (χ0v) is 26.2. The molecule has 0 amide bonds. The third-order valence-electron chi connectivity index (χ3n) is 5.79. The number of benzene rings is 2. The minimum atomic E-state index is -1.47. The number of rotatable bonds is 4. The average Bonchev–Trinajstić information content (AvgIpc) is 3.02. The van der Waals surface area contributed by atoms with Gasteiger partial charge in [0.05, 0.1) is 5.69 Å². The van der Waals surface area contributed by atoms with E-state index in [1.54, 1.807) is 0 Å². The van der Waals surface area contributed by atoms with E-state index in [0.29, 0.717) is 17.1 Å². The molecule has 0 bridgehead atoms. The summed E-state index contributed by atoms with van der Waals surface area (Å²) in [5, 5.41) is 10.5. The predicted octanol–water partition coefficient (Wildman–Crippen LogP) is 7.25. The van der Waals surface area contributed by atoms with Crippen LogP contribution >= 0.6 is 0 Å². The molecule has 2 heterocycles. The van der Waals surface area contributed by atoms with Crippen molar-refractivity contribution >= 4 is 13.8 Å². The van der Waals surface area contributed by atoms with Crippen molar-refractivity contribution in [2.75, 3.05) is 13.1 Å². The summed E-state index contributed by atoms with van der Waals surface area (Å²) < 4.78 is 0. The predicted molar refractivity (Wildman–Crippen MR) is 177 cm³/mol. The van der Waals surface area contributed by atoms with Crippen LogP contribution in [0.25, 0.3) is 0 Å². The highest BCUT2D eigenvalue weighted by atomic mass is 28.3. The van der Waals surface area contributed by atoms with Crippen LogP contribution in [0.4, 0.5) is 5.69 Å².